The Morgan fingerprint density at radius 3 is 2.58 bits per heavy atom. The number of nitrogens with one attached hydrogen (secondary N) is 1. The molecular formula is C24H24ClN3O2S. The van der Waals surface area contributed by atoms with Gasteiger partial charge >= 0.3 is 0 Å². The molecule has 0 aliphatic heterocycles. The summed E-state index contributed by atoms with van der Waals surface area (Å²) >= 11 is 7.78. The first kappa shape index (κ1) is 21.5. The zero-order valence-electron chi connectivity index (χ0n) is 17.0. The zero-order chi connectivity index (χ0) is 21.6. The summed E-state index contributed by atoms with van der Waals surface area (Å²) in [6.45, 7) is 0. The predicted molar refractivity (Wildman–Crippen MR) is 124 cm³/mol. The summed E-state index contributed by atoms with van der Waals surface area (Å²) in [6.07, 6.45) is 7.66. The van der Waals surface area contributed by atoms with E-state index in [1.54, 1.807) is 47.6 Å². The number of hydrogen-bond acceptors (Lipinski definition) is 4. The van der Waals surface area contributed by atoms with Crippen LogP contribution in [0, 0.1) is 0 Å². The molecule has 0 bridgehead atoms. The molecule has 2 heterocycles. The first-order chi connectivity index (χ1) is 15.1. The van der Waals surface area contributed by atoms with Crippen LogP contribution in [-0.2, 0) is 16.0 Å². The van der Waals surface area contributed by atoms with Crippen LogP contribution in [0.4, 0.5) is 5.69 Å². The van der Waals surface area contributed by atoms with Crippen LogP contribution in [0.3, 0.4) is 0 Å². The van der Waals surface area contributed by atoms with Crippen molar-refractivity contribution in [1.82, 2.24) is 10.3 Å². The molecule has 0 saturated heterocycles. The van der Waals surface area contributed by atoms with Gasteiger partial charge in [-0.1, -0.05) is 36.6 Å². The van der Waals surface area contributed by atoms with Gasteiger partial charge in [-0.2, -0.15) is 0 Å². The molecule has 2 amide bonds. The van der Waals surface area contributed by atoms with Crippen molar-refractivity contribution in [2.45, 2.75) is 44.2 Å². The Morgan fingerprint density at radius 1 is 1.13 bits per heavy atom. The highest BCUT2D eigenvalue weighted by molar-refractivity contribution is 7.10. The lowest BCUT2D eigenvalue weighted by Gasteiger charge is -2.32. The van der Waals surface area contributed by atoms with Gasteiger partial charge in [-0.05, 0) is 60.2 Å². The van der Waals surface area contributed by atoms with E-state index in [0.717, 1.165) is 30.6 Å². The topological polar surface area (TPSA) is 62.3 Å². The van der Waals surface area contributed by atoms with Gasteiger partial charge in [0.1, 0.15) is 6.04 Å². The average Bonchev–Trinajstić information content (AvgIpc) is 3.46. The minimum Gasteiger partial charge on any atom is -0.351 e. The number of amides is 2. The van der Waals surface area contributed by atoms with Crippen LogP contribution in [0.15, 0.2) is 66.3 Å². The highest BCUT2D eigenvalue weighted by Gasteiger charge is 2.34. The molecule has 1 fully saturated rings. The van der Waals surface area contributed by atoms with Gasteiger partial charge in [0.05, 0.1) is 6.42 Å². The molecule has 0 radical (unpaired) electrons. The fourth-order valence-electron chi connectivity index (χ4n) is 4.02. The molecule has 1 N–H and O–H groups in total. The Kier molecular flexibility index (Phi) is 6.99. The second-order valence-electron chi connectivity index (χ2n) is 7.67. The number of carbonyl (C=O) groups is 2. The standard InChI is InChI=1S/C24H24ClN3O2S/c25-18-5-3-8-20(15-18)28(22(29)16-21-9-4-14-31-21)23(17-10-12-26-13-11-17)24(30)27-19-6-1-2-7-19/h3-5,8-15,19,23H,1-2,6-7,16H2,(H,27,30). The number of thiophene rings is 1. The fraction of sp³-hybridized carbons (Fsp3) is 0.292. The first-order valence-electron chi connectivity index (χ1n) is 10.4. The lowest BCUT2D eigenvalue weighted by atomic mass is 10.0. The van der Waals surface area contributed by atoms with Crippen LogP contribution in [0.1, 0.15) is 42.2 Å². The van der Waals surface area contributed by atoms with Gasteiger partial charge in [-0.15, -0.1) is 11.3 Å². The maximum absolute atomic E-state index is 13.6. The van der Waals surface area contributed by atoms with E-state index in [1.807, 2.05) is 23.6 Å². The molecule has 1 atom stereocenters. The molecule has 31 heavy (non-hydrogen) atoms. The van der Waals surface area contributed by atoms with Gasteiger partial charge in [0, 0.05) is 34.0 Å². The molecule has 1 aliphatic carbocycles. The van der Waals surface area contributed by atoms with Crippen molar-refractivity contribution in [1.29, 1.82) is 0 Å². The summed E-state index contributed by atoms with van der Waals surface area (Å²) in [5.41, 5.74) is 1.31. The number of carbonyl (C=O) groups excluding carboxylic acids is 2. The third kappa shape index (κ3) is 5.32. The summed E-state index contributed by atoms with van der Waals surface area (Å²) < 4.78 is 0. The van der Waals surface area contributed by atoms with E-state index in [4.69, 9.17) is 11.6 Å². The Labute approximate surface area is 191 Å². The Bertz CT molecular complexity index is 1020. The lowest BCUT2D eigenvalue weighted by molar-refractivity contribution is -0.127. The van der Waals surface area contributed by atoms with E-state index in [-0.39, 0.29) is 24.3 Å². The largest absolute Gasteiger partial charge is 0.351 e. The van der Waals surface area contributed by atoms with Crippen LogP contribution in [-0.4, -0.2) is 22.8 Å². The van der Waals surface area contributed by atoms with Gasteiger partial charge in [-0.3, -0.25) is 19.5 Å². The van der Waals surface area contributed by atoms with Crippen LogP contribution < -0.4 is 10.2 Å². The van der Waals surface area contributed by atoms with E-state index in [9.17, 15) is 9.59 Å². The van der Waals surface area contributed by atoms with Gasteiger partial charge in [0.15, 0.2) is 0 Å². The number of nitrogens with zero attached hydrogens (tertiary/aromatic N) is 2. The van der Waals surface area contributed by atoms with E-state index < -0.39 is 6.04 Å². The van der Waals surface area contributed by atoms with Crippen LogP contribution >= 0.6 is 22.9 Å². The molecule has 4 rings (SSSR count). The number of anilines is 1. The molecule has 3 aromatic rings. The van der Waals surface area contributed by atoms with Crippen molar-refractivity contribution in [3.05, 3.63) is 81.8 Å². The summed E-state index contributed by atoms with van der Waals surface area (Å²) in [4.78, 5) is 33.7. The molecular weight excluding hydrogens is 430 g/mol. The van der Waals surface area contributed by atoms with Gasteiger partial charge < -0.3 is 5.32 Å². The summed E-state index contributed by atoms with van der Waals surface area (Å²) in [5.74, 6) is -0.342. The van der Waals surface area contributed by atoms with Crippen molar-refractivity contribution >= 4 is 40.4 Å². The Balaban J connectivity index is 1.74. The van der Waals surface area contributed by atoms with Gasteiger partial charge in [0.25, 0.3) is 0 Å². The predicted octanol–water partition coefficient (Wildman–Crippen LogP) is 5.17. The molecule has 160 valence electrons. The monoisotopic (exact) mass is 453 g/mol. The second-order valence-corrected chi connectivity index (χ2v) is 9.14. The SMILES string of the molecule is O=C(NC1CCCC1)C(c1ccncc1)N(C(=O)Cc1cccs1)c1cccc(Cl)c1. The third-order valence-electron chi connectivity index (χ3n) is 5.49. The second kappa shape index (κ2) is 10.1. The maximum Gasteiger partial charge on any atom is 0.248 e. The average molecular weight is 454 g/mol. The number of hydrogen-bond donors (Lipinski definition) is 1. The van der Waals surface area contributed by atoms with Crippen molar-refractivity contribution in [3.63, 3.8) is 0 Å². The number of benzene rings is 1. The van der Waals surface area contributed by atoms with E-state index >= 15 is 0 Å². The van der Waals surface area contributed by atoms with E-state index in [1.165, 1.54) is 11.3 Å². The highest BCUT2D eigenvalue weighted by atomic mass is 35.5. The lowest BCUT2D eigenvalue weighted by Crippen LogP contribution is -2.46. The molecule has 2 aromatic heterocycles. The van der Waals surface area contributed by atoms with Crippen molar-refractivity contribution in [3.8, 4) is 0 Å². The Hall–Kier alpha value is -2.70. The number of rotatable bonds is 7. The molecule has 7 heteroatoms. The first-order valence-corrected chi connectivity index (χ1v) is 11.7. The van der Waals surface area contributed by atoms with Crippen molar-refractivity contribution < 1.29 is 9.59 Å². The summed E-state index contributed by atoms with van der Waals surface area (Å²) in [6, 6.07) is 13.8. The van der Waals surface area contributed by atoms with Crippen LogP contribution in [0.25, 0.3) is 0 Å². The highest BCUT2D eigenvalue weighted by Crippen LogP contribution is 2.31. The zero-order valence-corrected chi connectivity index (χ0v) is 18.6. The molecule has 5 nitrogen and oxygen atoms in total. The minimum atomic E-state index is -0.811. The number of aromatic nitrogens is 1. The van der Waals surface area contributed by atoms with Crippen LogP contribution in [0.2, 0.25) is 5.02 Å². The van der Waals surface area contributed by atoms with Gasteiger partial charge in [-0.25, -0.2) is 0 Å². The van der Waals surface area contributed by atoms with Crippen LogP contribution in [0.5, 0.6) is 0 Å². The summed E-state index contributed by atoms with van der Waals surface area (Å²) in [7, 11) is 0. The number of halogens is 1. The smallest absolute Gasteiger partial charge is 0.248 e. The van der Waals surface area contributed by atoms with Crippen molar-refractivity contribution in [2.24, 2.45) is 0 Å². The molecule has 1 aliphatic rings. The Morgan fingerprint density at radius 2 is 1.90 bits per heavy atom. The maximum atomic E-state index is 13.6. The fourth-order valence-corrected chi connectivity index (χ4v) is 4.90. The molecule has 1 saturated carbocycles. The number of pyridine rings is 1. The third-order valence-corrected chi connectivity index (χ3v) is 6.60. The van der Waals surface area contributed by atoms with Crippen molar-refractivity contribution in [2.75, 3.05) is 4.90 Å². The molecule has 1 unspecified atom stereocenters. The normalized spacial score (nSPS) is 14.9. The summed E-state index contributed by atoms with van der Waals surface area (Å²) in [5, 5.41) is 5.63. The molecule has 0 spiro atoms. The quantitative estimate of drug-likeness (QED) is 0.536. The van der Waals surface area contributed by atoms with E-state index in [2.05, 4.69) is 10.3 Å². The molecule has 1 aromatic carbocycles. The van der Waals surface area contributed by atoms with Gasteiger partial charge in [0.2, 0.25) is 11.8 Å². The minimum absolute atomic E-state index is 0.144. The van der Waals surface area contributed by atoms with E-state index in [0.29, 0.717) is 16.3 Å².